The van der Waals surface area contributed by atoms with Crippen LogP contribution in [0, 0.1) is 34.5 Å². The molecule has 26 heavy (non-hydrogen) atoms. The van der Waals surface area contributed by atoms with Crippen LogP contribution in [0.2, 0.25) is 0 Å². The first-order valence-corrected chi connectivity index (χ1v) is 10.7. The van der Waals surface area contributed by atoms with Gasteiger partial charge in [0, 0.05) is 11.8 Å². The number of fused-ring (bicyclic) bond motifs is 7. The second-order valence-corrected chi connectivity index (χ2v) is 10.8. The van der Waals surface area contributed by atoms with Gasteiger partial charge < -0.3 is 14.9 Å². The van der Waals surface area contributed by atoms with Crippen molar-refractivity contribution in [3.05, 3.63) is 0 Å². The third-order valence-electron chi connectivity index (χ3n) is 10.2. The predicted octanol–water partition coefficient (Wildman–Crippen LogP) is 3.09. The highest BCUT2D eigenvalue weighted by Gasteiger charge is 2.80. The molecule has 0 unspecified atom stereocenters. The lowest BCUT2D eigenvalue weighted by atomic mass is 9.41. The minimum Gasteiger partial charge on any atom is -0.393 e. The zero-order valence-corrected chi connectivity index (χ0v) is 16.6. The molecule has 4 heteroatoms. The normalized spacial score (nSPS) is 63.3. The van der Waals surface area contributed by atoms with Crippen molar-refractivity contribution in [1.82, 2.24) is 0 Å². The fourth-order valence-electron chi connectivity index (χ4n) is 8.72. The van der Waals surface area contributed by atoms with Crippen molar-refractivity contribution in [3.63, 3.8) is 0 Å². The molecule has 5 aliphatic rings. The van der Waals surface area contributed by atoms with Crippen LogP contribution in [0.4, 0.5) is 0 Å². The van der Waals surface area contributed by atoms with E-state index in [4.69, 9.17) is 4.74 Å². The molecule has 1 aliphatic heterocycles. The number of hydrogen-bond acceptors (Lipinski definition) is 4. The Balaban J connectivity index is 1.53. The van der Waals surface area contributed by atoms with Gasteiger partial charge in [-0.25, -0.2) is 0 Å². The summed E-state index contributed by atoms with van der Waals surface area (Å²) in [6.45, 7) is 8.50. The molecule has 0 spiro atoms. The second-order valence-electron chi connectivity index (χ2n) is 10.8. The van der Waals surface area contributed by atoms with Crippen LogP contribution in [0.5, 0.6) is 0 Å². The largest absolute Gasteiger partial charge is 0.393 e. The van der Waals surface area contributed by atoms with Gasteiger partial charge in [0.2, 0.25) is 0 Å². The van der Waals surface area contributed by atoms with E-state index < -0.39 is 11.2 Å². The first kappa shape index (κ1) is 17.6. The van der Waals surface area contributed by atoms with E-state index in [2.05, 4.69) is 20.8 Å². The standard InChI is InChI=1S/C22H34O4/c1-12-9-15-16(19(3)7-5-14(24)11-21(12,19)25)6-8-20(4)17(15)10-18-22(20,26-18)13(2)23/h12,14-18,24-25H,5-11H2,1-4H3/t12-,14+,15-,16+,17+,18-,19-,20+,21+,22-/m1/s1. The number of Topliss-reactive ketones (excluding diaryl/α,β-unsaturated/α-hetero) is 1. The van der Waals surface area contributed by atoms with Gasteiger partial charge in [0.15, 0.2) is 11.4 Å². The summed E-state index contributed by atoms with van der Waals surface area (Å²) in [4.78, 5) is 12.5. The maximum Gasteiger partial charge on any atom is 0.164 e. The molecule has 4 aliphatic carbocycles. The zero-order valence-electron chi connectivity index (χ0n) is 16.6. The van der Waals surface area contributed by atoms with Crippen molar-refractivity contribution in [2.75, 3.05) is 0 Å². The summed E-state index contributed by atoms with van der Waals surface area (Å²) in [6.07, 6.45) is 6.14. The van der Waals surface area contributed by atoms with Crippen LogP contribution in [0.15, 0.2) is 0 Å². The topological polar surface area (TPSA) is 70.1 Å². The van der Waals surface area contributed by atoms with E-state index >= 15 is 0 Å². The van der Waals surface area contributed by atoms with Crippen molar-refractivity contribution in [2.24, 2.45) is 34.5 Å². The average Bonchev–Trinajstić information content (AvgIpc) is 3.24. The molecule has 4 nitrogen and oxygen atoms in total. The third kappa shape index (κ3) is 1.72. The Morgan fingerprint density at radius 2 is 1.77 bits per heavy atom. The summed E-state index contributed by atoms with van der Waals surface area (Å²) in [5.41, 5.74) is -1.42. The molecule has 4 saturated carbocycles. The molecular weight excluding hydrogens is 328 g/mol. The van der Waals surface area contributed by atoms with E-state index in [1.54, 1.807) is 6.92 Å². The van der Waals surface area contributed by atoms with E-state index in [1.807, 2.05) is 0 Å². The van der Waals surface area contributed by atoms with E-state index in [-0.39, 0.29) is 34.7 Å². The molecule has 0 radical (unpaired) electrons. The molecule has 1 saturated heterocycles. The molecule has 0 bridgehead atoms. The van der Waals surface area contributed by atoms with Gasteiger partial charge in [-0.05, 0) is 74.5 Å². The number of ether oxygens (including phenoxy) is 1. The minimum absolute atomic E-state index is 0.0373. The zero-order chi connectivity index (χ0) is 18.7. The first-order chi connectivity index (χ1) is 12.1. The number of aliphatic hydroxyl groups is 2. The molecule has 0 aromatic rings. The van der Waals surface area contributed by atoms with Crippen LogP contribution in [0.3, 0.4) is 0 Å². The molecule has 10 atom stereocenters. The fourth-order valence-corrected chi connectivity index (χ4v) is 8.72. The Morgan fingerprint density at radius 1 is 1.08 bits per heavy atom. The maximum atomic E-state index is 12.5. The van der Waals surface area contributed by atoms with Crippen molar-refractivity contribution < 1.29 is 19.7 Å². The monoisotopic (exact) mass is 362 g/mol. The number of rotatable bonds is 1. The predicted molar refractivity (Wildman–Crippen MR) is 97.4 cm³/mol. The first-order valence-electron chi connectivity index (χ1n) is 10.7. The Hall–Kier alpha value is -0.450. The second kappa shape index (κ2) is 4.93. The number of epoxide rings is 1. The molecule has 1 heterocycles. The number of ketones is 1. The van der Waals surface area contributed by atoms with Gasteiger partial charge >= 0.3 is 0 Å². The Morgan fingerprint density at radius 3 is 2.46 bits per heavy atom. The Bertz CT molecular complexity index is 663. The number of aliphatic hydroxyl groups excluding tert-OH is 1. The lowest BCUT2D eigenvalue weighted by molar-refractivity contribution is -0.247. The molecular formula is C22H34O4. The van der Waals surface area contributed by atoms with Gasteiger partial charge in [0.1, 0.15) is 0 Å². The van der Waals surface area contributed by atoms with Gasteiger partial charge in [-0.1, -0.05) is 20.8 Å². The quantitative estimate of drug-likeness (QED) is 0.703. The van der Waals surface area contributed by atoms with Crippen LogP contribution in [-0.2, 0) is 9.53 Å². The molecule has 5 fully saturated rings. The van der Waals surface area contributed by atoms with Crippen LogP contribution in [-0.4, -0.2) is 39.4 Å². The Labute approximate surface area is 156 Å². The summed E-state index contributed by atoms with van der Waals surface area (Å²) in [7, 11) is 0. The van der Waals surface area contributed by atoms with E-state index in [9.17, 15) is 15.0 Å². The van der Waals surface area contributed by atoms with Crippen LogP contribution in [0.1, 0.15) is 72.6 Å². The van der Waals surface area contributed by atoms with E-state index in [0.717, 1.165) is 38.5 Å². The summed E-state index contributed by atoms with van der Waals surface area (Å²) < 4.78 is 6.01. The Kier molecular flexibility index (Phi) is 3.34. The molecule has 146 valence electrons. The lowest BCUT2D eigenvalue weighted by Gasteiger charge is -2.66. The summed E-state index contributed by atoms with van der Waals surface area (Å²) in [6, 6.07) is 0. The van der Waals surface area contributed by atoms with Crippen molar-refractivity contribution in [3.8, 4) is 0 Å². The summed E-state index contributed by atoms with van der Waals surface area (Å²) >= 11 is 0. The molecule has 0 aromatic heterocycles. The molecule has 0 amide bonds. The smallest absolute Gasteiger partial charge is 0.164 e. The number of carbonyl (C=O) groups is 1. The van der Waals surface area contributed by atoms with Gasteiger partial charge in [-0.3, -0.25) is 4.79 Å². The summed E-state index contributed by atoms with van der Waals surface area (Å²) in [5.74, 6) is 2.00. The fraction of sp³-hybridized carbons (Fsp3) is 0.955. The number of carbonyl (C=O) groups excluding carboxylic acids is 1. The summed E-state index contributed by atoms with van der Waals surface area (Å²) in [5, 5.41) is 21.9. The van der Waals surface area contributed by atoms with Crippen molar-refractivity contribution >= 4 is 5.78 Å². The van der Waals surface area contributed by atoms with Gasteiger partial charge in [0.25, 0.3) is 0 Å². The maximum absolute atomic E-state index is 12.5. The number of hydrogen-bond donors (Lipinski definition) is 2. The van der Waals surface area contributed by atoms with Gasteiger partial charge in [-0.2, -0.15) is 0 Å². The van der Waals surface area contributed by atoms with Gasteiger partial charge in [0.05, 0.1) is 17.8 Å². The SMILES string of the molecule is CC(=O)[C@@]12O[C@@H]1C[C@H]1[C@@H]3C[C@@H](C)[C@@]4(O)C[C@@H](O)CC[C@]4(C)[C@H]3CC[C@@]12C. The molecule has 2 N–H and O–H groups in total. The lowest BCUT2D eigenvalue weighted by Crippen LogP contribution is -2.66. The molecule has 0 aromatic carbocycles. The van der Waals surface area contributed by atoms with Crippen LogP contribution >= 0.6 is 0 Å². The van der Waals surface area contributed by atoms with E-state index in [1.165, 1.54) is 0 Å². The average molecular weight is 363 g/mol. The highest BCUT2D eigenvalue weighted by Crippen LogP contribution is 2.74. The van der Waals surface area contributed by atoms with Crippen molar-refractivity contribution in [1.29, 1.82) is 0 Å². The minimum atomic E-state index is -0.754. The van der Waals surface area contributed by atoms with Crippen molar-refractivity contribution in [2.45, 2.75) is 96.1 Å². The molecule has 5 rings (SSSR count). The highest BCUT2D eigenvalue weighted by molar-refractivity contribution is 5.90. The van der Waals surface area contributed by atoms with E-state index in [0.29, 0.717) is 24.2 Å². The highest BCUT2D eigenvalue weighted by atomic mass is 16.6. The third-order valence-corrected chi connectivity index (χ3v) is 10.2. The van der Waals surface area contributed by atoms with Crippen LogP contribution in [0.25, 0.3) is 0 Å². The van der Waals surface area contributed by atoms with Crippen LogP contribution < -0.4 is 0 Å². The van der Waals surface area contributed by atoms with Gasteiger partial charge in [-0.15, -0.1) is 0 Å².